The van der Waals surface area contributed by atoms with Crippen LogP contribution >= 0.6 is 0 Å². The Kier molecular flexibility index (Phi) is 3.75. The maximum atomic E-state index is 5.44. The van der Waals surface area contributed by atoms with Crippen molar-refractivity contribution >= 4 is 10.9 Å². The van der Waals surface area contributed by atoms with Crippen molar-refractivity contribution in [3.8, 4) is 17.0 Å². The van der Waals surface area contributed by atoms with Crippen LogP contribution in [0.25, 0.3) is 22.0 Å². The number of fused-ring (bicyclic) bond motifs is 1. The molecule has 0 fully saturated rings. The molecule has 0 N–H and O–H groups in total. The summed E-state index contributed by atoms with van der Waals surface area (Å²) >= 11 is 0. The van der Waals surface area contributed by atoms with Crippen LogP contribution in [0.15, 0.2) is 30.5 Å². The van der Waals surface area contributed by atoms with E-state index in [1.807, 2.05) is 26.1 Å². The molecule has 3 aromatic rings. The number of methoxy groups -OCH3 is 1. The summed E-state index contributed by atoms with van der Waals surface area (Å²) in [5, 5.41) is 1.04. The molecule has 4 nitrogen and oxygen atoms in total. The van der Waals surface area contributed by atoms with Crippen molar-refractivity contribution in [3.05, 3.63) is 47.5 Å². The Morgan fingerprint density at radius 2 is 1.91 bits per heavy atom. The molecular formula is C18H19N3O. The summed E-state index contributed by atoms with van der Waals surface area (Å²) in [5.74, 6) is 1.44. The number of aromatic nitrogens is 3. The predicted molar refractivity (Wildman–Crippen MR) is 88.2 cm³/mol. The van der Waals surface area contributed by atoms with E-state index in [0.717, 1.165) is 40.0 Å². The van der Waals surface area contributed by atoms with Gasteiger partial charge in [-0.1, -0.05) is 6.92 Å². The Hall–Kier alpha value is -2.49. The molecular weight excluding hydrogens is 274 g/mol. The summed E-state index contributed by atoms with van der Waals surface area (Å²) < 4.78 is 5.44. The molecule has 2 heterocycles. The summed E-state index contributed by atoms with van der Waals surface area (Å²) in [7, 11) is 1.65. The number of hydrogen-bond acceptors (Lipinski definition) is 4. The number of pyridine rings is 1. The minimum absolute atomic E-state index is 0.648. The lowest BCUT2D eigenvalue weighted by Gasteiger charge is -2.12. The molecule has 0 atom stereocenters. The van der Waals surface area contributed by atoms with Gasteiger partial charge in [-0.3, -0.25) is 0 Å². The lowest BCUT2D eigenvalue weighted by molar-refractivity contribution is 0.399. The standard InChI is InChI=1S/C18H19N3O/c1-5-13-8-14(9-15-10-19-12(3)21-17(13)15)16-7-6-11(2)20-18(16)22-4/h6-10H,5H2,1-4H3. The van der Waals surface area contributed by atoms with E-state index in [2.05, 4.69) is 40.1 Å². The van der Waals surface area contributed by atoms with E-state index in [0.29, 0.717) is 5.88 Å². The van der Waals surface area contributed by atoms with Crippen molar-refractivity contribution in [2.75, 3.05) is 7.11 Å². The van der Waals surface area contributed by atoms with Crippen LogP contribution in [0, 0.1) is 13.8 Å². The van der Waals surface area contributed by atoms with Crippen LogP contribution in [0.1, 0.15) is 24.0 Å². The number of rotatable bonds is 3. The van der Waals surface area contributed by atoms with Crippen molar-refractivity contribution in [3.63, 3.8) is 0 Å². The van der Waals surface area contributed by atoms with E-state index < -0.39 is 0 Å². The highest BCUT2D eigenvalue weighted by molar-refractivity contribution is 5.87. The van der Waals surface area contributed by atoms with E-state index in [-0.39, 0.29) is 0 Å². The number of aryl methyl sites for hydroxylation is 3. The summed E-state index contributed by atoms with van der Waals surface area (Å²) in [6.45, 7) is 6.01. The predicted octanol–water partition coefficient (Wildman–Crippen LogP) is 3.88. The van der Waals surface area contributed by atoms with E-state index >= 15 is 0 Å². The molecule has 1 aromatic carbocycles. The van der Waals surface area contributed by atoms with Crippen molar-refractivity contribution in [1.29, 1.82) is 0 Å². The van der Waals surface area contributed by atoms with E-state index in [1.165, 1.54) is 5.56 Å². The Labute approximate surface area is 130 Å². The fourth-order valence-corrected chi connectivity index (χ4v) is 2.64. The number of benzene rings is 1. The average molecular weight is 293 g/mol. The summed E-state index contributed by atoms with van der Waals surface area (Å²) in [6.07, 6.45) is 2.80. The van der Waals surface area contributed by atoms with Gasteiger partial charge in [-0.2, -0.15) is 0 Å². The molecule has 0 unspecified atom stereocenters. The average Bonchev–Trinajstić information content (AvgIpc) is 2.53. The van der Waals surface area contributed by atoms with Crippen molar-refractivity contribution in [1.82, 2.24) is 15.0 Å². The van der Waals surface area contributed by atoms with Gasteiger partial charge in [0.1, 0.15) is 5.82 Å². The summed E-state index contributed by atoms with van der Waals surface area (Å²) in [4.78, 5) is 13.4. The quantitative estimate of drug-likeness (QED) is 0.735. The number of nitrogens with zero attached hydrogens (tertiary/aromatic N) is 3. The molecule has 2 aromatic heterocycles. The highest BCUT2D eigenvalue weighted by Crippen LogP contribution is 2.32. The van der Waals surface area contributed by atoms with Crippen molar-refractivity contribution < 1.29 is 4.74 Å². The van der Waals surface area contributed by atoms with Crippen molar-refractivity contribution in [2.24, 2.45) is 0 Å². The fourth-order valence-electron chi connectivity index (χ4n) is 2.64. The highest BCUT2D eigenvalue weighted by Gasteiger charge is 2.11. The molecule has 0 amide bonds. The van der Waals surface area contributed by atoms with Gasteiger partial charge in [-0.15, -0.1) is 0 Å². The fraction of sp³-hybridized carbons (Fsp3) is 0.278. The molecule has 0 spiro atoms. The number of ether oxygens (including phenoxy) is 1. The van der Waals surface area contributed by atoms with Gasteiger partial charge in [-0.25, -0.2) is 15.0 Å². The number of hydrogen-bond donors (Lipinski definition) is 0. The van der Waals surface area contributed by atoms with Crippen LogP contribution in [0.5, 0.6) is 5.88 Å². The maximum absolute atomic E-state index is 5.44. The zero-order valence-corrected chi connectivity index (χ0v) is 13.3. The molecule has 0 saturated carbocycles. The second-order valence-electron chi connectivity index (χ2n) is 5.35. The van der Waals surface area contributed by atoms with Gasteiger partial charge in [0.15, 0.2) is 0 Å². The zero-order valence-electron chi connectivity index (χ0n) is 13.3. The smallest absolute Gasteiger partial charge is 0.221 e. The maximum Gasteiger partial charge on any atom is 0.221 e. The first-order chi connectivity index (χ1) is 10.6. The monoisotopic (exact) mass is 293 g/mol. The zero-order chi connectivity index (χ0) is 15.7. The molecule has 3 rings (SSSR count). The Balaban J connectivity index is 2.26. The Morgan fingerprint density at radius 3 is 2.64 bits per heavy atom. The first-order valence-electron chi connectivity index (χ1n) is 7.40. The van der Waals surface area contributed by atoms with Gasteiger partial charge >= 0.3 is 0 Å². The lowest BCUT2D eigenvalue weighted by atomic mass is 9.99. The molecule has 4 heteroatoms. The van der Waals surface area contributed by atoms with Crippen LogP contribution < -0.4 is 4.74 Å². The van der Waals surface area contributed by atoms with E-state index in [4.69, 9.17) is 4.74 Å². The normalized spacial score (nSPS) is 10.9. The molecule has 0 aliphatic rings. The van der Waals surface area contributed by atoms with Gasteiger partial charge in [0.05, 0.1) is 12.6 Å². The largest absolute Gasteiger partial charge is 0.481 e. The second-order valence-corrected chi connectivity index (χ2v) is 5.35. The third kappa shape index (κ3) is 2.52. The van der Waals surface area contributed by atoms with E-state index in [1.54, 1.807) is 7.11 Å². The van der Waals surface area contributed by atoms with Gasteiger partial charge in [0.25, 0.3) is 0 Å². The summed E-state index contributed by atoms with van der Waals surface area (Å²) in [5.41, 5.74) is 5.25. The Bertz CT molecular complexity index is 843. The van der Waals surface area contributed by atoms with Crippen LogP contribution in [0.3, 0.4) is 0 Å². The lowest BCUT2D eigenvalue weighted by Crippen LogP contribution is -1.96. The van der Waals surface area contributed by atoms with Crippen LogP contribution in [-0.2, 0) is 6.42 Å². The van der Waals surface area contributed by atoms with Gasteiger partial charge in [0, 0.05) is 22.8 Å². The highest BCUT2D eigenvalue weighted by atomic mass is 16.5. The first-order valence-corrected chi connectivity index (χ1v) is 7.40. The van der Waals surface area contributed by atoms with Gasteiger partial charge in [-0.05, 0) is 55.7 Å². The molecule has 112 valence electrons. The van der Waals surface area contributed by atoms with Gasteiger partial charge < -0.3 is 4.74 Å². The molecule has 0 saturated heterocycles. The van der Waals surface area contributed by atoms with Crippen LogP contribution in [0.2, 0.25) is 0 Å². The molecule has 0 aliphatic carbocycles. The van der Waals surface area contributed by atoms with Gasteiger partial charge in [0.2, 0.25) is 5.88 Å². The third-order valence-electron chi connectivity index (χ3n) is 3.77. The molecule has 0 aliphatic heterocycles. The molecule has 22 heavy (non-hydrogen) atoms. The third-order valence-corrected chi connectivity index (χ3v) is 3.77. The van der Waals surface area contributed by atoms with Crippen LogP contribution in [-0.4, -0.2) is 22.1 Å². The molecule has 0 bridgehead atoms. The second kappa shape index (κ2) is 5.72. The minimum Gasteiger partial charge on any atom is -0.481 e. The summed E-state index contributed by atoms with van der Waals surface area (Å²) in [6, 6.07) is 8.32. The van der Waals surface area contributed by atoms with Crippen LogP contribution in [0.4, 0.5) is 0 Å². The minimum atomic E-state index is 0.648. The van der Waals surface area contributed by atoms with Crippen molar-refractivity contribution in [2.45, 2.75) is 27.2 Å². The SMILES string of the molecule is CCc1cc(-c2ccc(C)nc2OC)cc2cnc(C)nc12. The Morgan fingerprint density at radius 1 is 1.09 bits per heavy atom. The molecule has 0 radical (unpaired) electrons. The topological polar surface area (TPSA) is 47.9 Å². The first kappa shape index (κ1) is 14.4. The van der Waals surface area contributed by atoms with E-state index in [9.17, 15) is 0 Å².